The smallest absolute Gasteiger partial charge is 0.0867 e. The summed E-state index contributed by atoms with van der Waals surface area (Å²) in [7, 11) is 0. The van der Waals surface area contributed by atoms with Gasteiger partial charge in [-0.05, 0) is 37.7 Å². The van der Waals surface area contributed by atoms with Gasteiger partial charge in [0.1, 0.15) is 0 Å². The SMILES string of the molecule is CCCCCCCCC1(O)C=CC2=C(CCCC2)C1. The van der Waals surface area contributed by atoms with Crippen molar-refractivity contribution in [2.24, 2.45) is 0 Å². The van der Waals surface area contributed by atoms with E-state index in [1.807, 2.05) is 0 Å². The van der Waals surface area contributed by atoms with Gasteiger partial charge in [0.25, 0.3) is 0 Å². The molecule has 0 aromatic rings. The van der Waals surface area contributed by atoms with E-state index in [1.165, 1.54) is 69.8 Å². The van der Waals surface area contributed by atoms with Gasteiger partial charge in [-0.15, -0.1) is 0 Å². The number of hydrogen-bond donors (Lipinski definition) is 1. The van der Waals surface area contributed by atoms with Crippen molar-refractivity contribution in [2.45, 2.75) is 89.6 Å². The molecular weight excluding hydrogens is 232 g/mol. The molecular formula is C18H30O. The largest absolute Gasteiger partial charge is 0.385 e. The van der Waals surface area contributed by atoms with Crippen LogP contribution in [0.15, 0.2) is 23.3 Å². The summed E-state index contributed by atoms with van der Waals surface area (Å²) in [5.41, 5.74) is 2.54. The fourth-order valence-electron chi connectivity index (χ4n) is 3.46. The molecule has 0 fully saturated rings. The molecule has 108 valence electrons. The van der Waals surface area contributed by atoms with Crippen LogP contribution >= 0.6 is 0 Å². The molecule has 0 bridgehead atoms. The third kappa shape index (κ3) is 4.49. The zero-order valence-corrected chi connectivity index (χ0v) is 12.6. The monoisotopic (exact) mass is 262 g/mol. The predicted octanol–water partition coefficient (Wildman–Crippen LogP) is 5.30. The highest BCUT2D eigenvalue weighted by Crippen LogP contribution is 2.38. The van der Waals surface area contributed by atoms with E-state index in [9.17, 15) is 5.11 Å². The lowest BCUT2D eigenvalue weighted by Crippen LogP contribution is -2.29. The van der Waals surface area contributed by atoms with Crippen LogP contribution in [0.4, 0.5) is 0 Å². The fraction of sp³-hybridized carbons (Fsp3) is 0.778. The lowest BCUT2D eigenvalue weighted by atomic mass is 9.77. The first-order valence-corrected chi connectivity index (χ1v) is 8.36. The molecule has 2 aliphatic carbocycles. The molecule has 0 saturated carbocycles. The van der Waals surface area contributed by atoms with Gasteiger partial charge in [-0.3, -0.25) is 0 Å². The third-order valence-corrected chi connectivity index (χ3v) is 4.71. The zero-order chi connectivity index (χ0) is 13.6. The molecule has 1 N–H and O–H groups in total. The molecule has 0 aromatic heterocycles. The molecule has 1 unspecified atom stereocenters. The number of allylic oxidation sites excluding steroid dienone is 2. The van der Waals surface area contributed by atoms with Crippen molar-refractivity contribution in [3.63, 3.8) is 0 Å². The summed E-state index contributed by atoms with van der Waals surface area (Å²) in [6.07, 6.45) is 19.1. The van der Waals surface area contributed by atoms with Crippen LogP contribution in [0.25, 0.3) is 0 Å². The van der Waals surface area contributed by atoms with E-state index in [2.05, 4.69) is 19.1 Å². The van der Waals surface area contributed by atoms with Crippen LogP contribution in [0, 0.1) is 0 Å². The van der Waals surface area contributed by atoms with E-state index < -0.39 is 5.60 Å². The Hall–Kier alpha value is -0.560. The third-order valence-electron chi connectivity index (χ3n) is 4.71. The maximum Gasteiger partial charge on any atom is 0.0867 e. The molecule has 1 heteroatoms. The Morgan fingerprint density at radius 2 is 1.79 bits per heavy atom. The summed E-state index contributed by atoms with van der Waals surface area (Å²) in [4.78, 5) is 0. The lowest BCUT2D eigenvalue weighted by Gasteiger charge is -2.32. The Kier molecular flexibility index (Phi) is 5.69. The Morgan fingerprint density at radius 1 is 1.05 bits per heavy atom. The Labute approximate surface area is 118 Å². The molecule has 0 radical (unpaired) electrons. The van der Waals surface area contributed by atoms with Gasteiger partial charge in [-0.25, -0.2) is 0 Å². The van der Waals surface area contributed by atoms with Gasteiger partial charge in [-0.1, -0.05) is 63.2 Å². The minimum atomic E-state index is -0.527. The van der Waals surface area contributed by atoms with Crippen molar-refractivity contribution in [2.75, 3.05) is 0 Å². The van der Waals surface area contributed by atoms with Gasteiger partial charge in [-0.2, -0.15) is 0 Å². The molecule has 0 aromatic carbocycles. The van der Waals surface area contributed by atoms with Gasteiger partial charge in [0, 0.05) is 6.42 Å². The van der Waals surface area contributed by atoms with Crippen molar-refractivity contribution in [1.82, 2.24) is 0 Å². The van der Waals surface area contributed by atoms with Gasteiger partial charge >= 0.3 is 0 Å². The lowest BCUT2D eigenvalue weighted by molar-refractivity contribution is 0.0753. The number of rotatable bonds is 7. The van der Waals surface area contributed by atoms with Crippen molar-refractivity contribution in [3.8, 4) is 0 Å². The minimum Gasteiger partial charge on any atom is -0.385 e. The average molecular weight is 262 g/mol. The minimum absolute atomic E-state index is 0.527. The summed E-state index contributed by atoms with van der Waals surface area (Å²) in [5.74, 6) is 0. The summed E-state index contributed by atoms with van der Waals surface area (Å²) in [6, 6.07) is 0. The van der Waals surface area contributed by atoms with Crippen LogP contribution in [0.3, 0.4) is 0 Å². The molecule has 0 spiro atoms. The standard InChI is InChI=1S/C18H30O/c1-2-3-4-5-6-9-13-18(19)14-12-16-10-7-8-11-17(16)15-18/h12,14,19H,2-11,13,15H2,1H3. The van der Waals surface area contributed by atoms with Crippen molar-refractivity contribution >= 4 is 0 Å². The molecule has 0 aliphatic heterocycles. The molecule has 2 rings (SSSR count). The van der Waals surface area contributed by atoms with Gasteiger partial charge in [0.15, 0.2) is 0 Å². The second kappa shape index (κ2) is 7.28. The predicted molar refractivity (Wildman–Crippen MR) is 82.2 cm³/mol. The van der Waals surface area contributed by atoms with Gasteiger partial charge in [0.05, 0.1) is 5.60 Å². The van der Waals surface area contributed by atoms with Crippen LogP contribution in [-0.4, -0.2) is 10.7 Å². The molecule has 2 aliphatic rings. The molecule has 1 nitrogen and oxygen atoms in total. The van der Waals surface area contributed by atoms with Crippen LogP contribution < -0.4 is 0 Å². The van der Waals surface area contributed by atoms with E-state index in [-0.39, 0.29) is 0 Å². The molecule has 0 heterocycles. The Morgan fingerprint density at radius 3 is 2.63 bits per heavy atom. The zero-order valence-electron chi connectivity index (χ0n) is 12.6. The highest BCUT2D eigenvalue weighted by molar-refractivity contribution is 5.35. The van der Waals surface area contributed by atoms with E-state index in [4.69, 9.17) is 0 Å². The summed E-state index contributed by atoms with van der Waals surface area (Å²) < 4.78 is 0. The molecule has 19 heavy (non-hydrogen) atoms. The Balaban J connectivity index is 1.72. The average Bonchev–Trinajstić information content (AvgIpc) is 2.42. The first-order chi connectivity index (χ1) is 9.23. The molecule has 0 amide bonds. The van der Waals surface area contributed by atoms with E-state index in [0.29, 0.717) is 0 Å². The maximum atomic E-state index is 10.7. The Bertz CT molecular complexity index is 340. The van der Waals surface area contributed by atoms with E-state index >= 15 is 0 Å². The van der Waals surface area contributed by atoms with Crippen molar-refractivity contribution in [1.29, 1.82) is 0 Å². The molecule has 0 saturated heterocycles. The van der Waals surface area contributed by atoms with Crippen molar-refractivity contribution < 1.29 is 5.11 Å². The van der Waals surface area contributed by atoms with E-state index in [1.54, 1.807) is 5.57 Å². The van der Waals surface area contributed by atoms with Gasteiger partial charge in [0.2, 0.25) is 0 Å². The highest BCUT2D eigenvalue weighted by atomic mass is 16.3. The summed E-state index contributed by atoms with van der Waals surface area (Å²) in [6.45, 7) is 2.25. The summed E-state index contributed by atoms with van der Waals surface area (Å²) in [5, 5.41) is 10.7. The van der Waals surface area contributed by atoms with E-state index in [0.717, 1.165) is 12.8 Å². The topological polar surface area (TPSA) is 20.2 Å². The molecule has 1 atom stereocenters. The number of aliphatic hydroxyl groups is 1. The highest BCUT2D eigenvalue weighted by Gasteiger charge is 2.29. The second-order valence-electron chi connectivity index (χ2n) is 6.47. The van der Waals surface area contributed by atoms with Crippen LogP contribution in [-0.2, 0) is 0 Å². The number of hydrogen-bond acceptors (Lipinski definition) is 1. The van der Waals surface area contributed by atoms with Crippen molar-refractivity contribution in [3.05, 3.63) is 23.3 Å². The normalized spacial score (nSPS) is 26.6. The number of unbranched alkanes of at least 4 members (excludes halogenated alkanes) is 5. The maximum absolute atomic E-state index is 10.7. The second-order valence-corrected chi connectivity index (χ2v) is 6.47. The van der Waals surface area contributed by atoms with Crippen LogP contribution in [0.1, 0.15) is 84.0 Å². The quantitative estimate of drug-likeness (QED) is 0.617. The van der Waals surface area contributed by atoms with Crippen LogP contribution in [0.2, 0.25) is 0 Å². The first kappa shape index (κ1) is 14.8. The van der Waals surface area contributed by atoms with Crippen LogP contribution in [0.5, 0.6) is 0 Å². The first-order valence-electron chi connectivity index (χ1n) is 8.36. The summed E-state index contributed by atoms with van der Waals surface area (Å²) >= 11 is 0. The van der Waals surface area contributed by atoms with Gasteiger partial charge < -0.3 is 5.11 Å². The fourth-order valence-corrected chi connectivity index (χ4v) is 3.46.